The van der Waals surface area contributed by atoms with Gasteiger partial charge in [0.2, 0.25) is 0 Å². The van der Waals surface area contributed by atoms with Crippen LogP contribution in [0.25, 0.3) is 0 Å². The number of phenolic OH excluding ortho intramolecular Hbond substituents is 1. The third kappa shape index (κ3) is 3.59. The van der Waals surface area contributed by atoms with Crippen LogP contribution >= 0.6 is 0 Å². The van der Waals surface area contributed by atoms with E-state index in [0.717, 1.165) is 12.1 Å². The fourth-order valence-corrected chi connectivity index (χ4v) is 1.09. The Morgan fingerprint density at radius 2 is 2.00 bits per heavy atom. The number of nitrogens with one attached hydrogen (secondary N) is 1. The number of hydrogen-bond donors (Lipinski definition) is 3. The minimum atomic E-state index is -4.86. The first-order valence-electron chi connectivity index (χ1n) is 4.73. The lowest BCUT2D eigenvalue weighted by molar-refractivity contribution is -0.201. The van der Waals surface area contributed by atoms with E-state index in [1.54, 1.807) is 5.32 Å². The summed E-state index contributed by atoms with van der Waals surface area (Å²) in [4.78, 5) is 11.3. The summed E-state index contributed by atoms with van der Waals surface area (Å²) in [7, 11) is 0. The first-order valence-corrected chi connectivity index (χ1v) is 4.73. The van der Waals surface area contributed by atoms with E-state index < -0.39 is 41.9 Å². The molecule has 1 unspecified atom stereocenters. The van der Waals surface area contributed by atoms with Gasteiger partial charge in [-0.2, -0.15) is 13.2 Å². The number of carbonyl (C=O) groups excluding carboxylic acids is 1. The summed E-state index contributed by atoms with van der Waals surface area (Å²) in [6.07, 6.45) is -7.59. The Hall–Kier alpha value is -1.83. The minimum absolute atomic E-state index is 0.510. The zero-order chi connectivity index (χ0) is 13.9. The van der Waals surface area contributed by atoms with E-state index in [9.17, 15) is 27.5 Å². The van der Waals surface area contributed by atoms with Gasteiger partial charge in [-0.1, -0.05) is 0 Å². The average molecular weight is 267 g/mol. The number of rotatable bonds is 3. The van der Waals surface area contributed by atoms with E-state index in [1.807, 2.05) is 0 Å². The second kappa shape index (κ2) is 5.21. The Morgan fingerprint density at radius 3 is 2.56 bits per heavy atom. The Kier molecular flexibility index (Phi) is 4.12. The summed E-state index contributed by atoms with van der Waals surface area (Å²) in [6.45, 7) is -1.09. The molecule has 3 N–H and O–H groups in total. The first kappa shape index (κ1) is 14.2. The molecule has 4 nitrogen and oxygen atoms in total. The standard InChI is InChI=1S/C10H9F4NO3/c11-5-1-2-7(16)6(3-5)9(18)15-4-8(17)10(12,13)14/h1-3,8,16-17H,4H2,(H,15,18). The second-order valence-corrected chi connectivity index (χ2v) is 3.43. The topological polar surface area (TPSA) is 69.6 Å². The molecule has 0 aliphatic rings. The van der Waals surface area contributed by atoms with Gasteiger partial charge in [-0.15, -0.1) is 0 Å². The highest BCUT2D eigenvalue weighted by atomic mass is 19.4. The predicted molar refractivity (Wildman–Crippen MR) is 52.5 cm³/mol. The number of phenols is 1. The Balaban J connectivity index is 2.69. The minimum Gasteiger partial charge on any atom is -0.507 e. The molecular formula is C10H9F4NO3. The van der Waals surface area contributed by atoms with Gasteiger partial charge in [0.25, 0.3) is 5.91 Å². The molecule has 0 radical (unpaired) electrons. The van der Waals surface area contributed by atoms with Crippen LogP contribution in [0, 0.1) is 5.82 Å². The fraction of sp³-hybridized carbons (Fsp3) is 0.300. The molecule has 0 spiro atoms. The molecule has 1 amide bonds. The van der Waals surface area contributed by atoms with E-state index >= 15 is 0 Å². The number of aromatic hydroxyl groups is 1. The summed E-state index contributed by atoms with van der Waals surface area (Å²) in [6, 6.07) is 2.45. The van der Waals surface area contributed by atoms with Crippen LogP contribution in [0.4, 0.5) is 17.6 Å². The van der Waals surface area contributed by atoms with E-state index in [2.05, 4.69) is 0 Å². The largest absolute Gasteiger partial charge is 0.507 e. The van der Waals surface area contributed by atoms with Crippen LogP contribution in [-0.2, 0) is 0 Å². The van der Waals surface area contributed by atoms with Gasteiger partial charge in [-0.05, 0) is 18.2 Å². The highest BCUT2D eigenvalue weighted by Crippen LogP contribution is 2.20. The first-order chi connectivity index (χ1) is 8.21. The van der Waals surface area contributed by atoms with E-state index in [0.29, 0.717) is 6.07 Å². The fourth-order valence-electron chi connectivity index (χ4n) is 1.09. The van der Waals surface area contributed by atoms with Gasteiger partial charge in [0.15, 0.2) is 6.10 Å². The molecular weight excluding hydrogens is 258 g/mol. The maximum atomic E-state index is 12.8. The van der Waals surface area contributed by atoms with Crippen molar-refractivity contribution in [1.82, 2.24) is 5.32 Å². The van der Waals surface area contributed by atoms with Gasteiger partial charge >= 0.3 is 6.18 Å². The zero-order valence-corrected chi connectivity index (χ0v) is 8.83. The maximum absolute atomic E-state index is 12.8. The number of carbonyl (C=O) groups is 1. The smallest absolute Gasteiger partial charge is 0.416 e. The van der Waals surface area contributed by atoms with Gasteiger partial charge in [0.05, 0.1) is 12.1 Å². The van der Waals surface area contributed by atoms with Gasteiger partial charge in [-0.25, -0.2) is 4.39 Å². The number of alkyl halides is 3. The van der Waals surface area contributed by atoms with Crippen molar-refractivity contribution in [2.24, 2.45) is 0 Å². The Labute approximate surface area is 98.9 Å². The molecule has 1 aromatic rings. The highest BCUT2D eigenvalue weighted by molar-refractivity contribution is 5.96. The summed E-state index contributed by atoms with van der Waals surface area (Å²) in [5.74, 6) is -2.51. The number of benzene rings is 1. The summed E-state index contributed by atoms with van der Waals surface area (Å²) in [5, 5.41) is 19.6. The van der Waals surface area contributed by atoms with Gasteiger partial charge < -0.3 is 15.5 Å². The number of amides is 1. The number of halogens is 4. The molecule has 8 heteroatoms. The van der Waals surface area contributed by atoms with Gasteiger partial charge in [0, 0.05) is 0 Å². The maximum Gasteiger partial charge on any atom is 0.416 e. The lowest BCUT2D eigenvalue weighted by atomic mass is 10.2. The lowest BCUT2D eigenvalue weighted by Gasteiger charge is -2.15. The number of hydrogen-bond acceptors (Lipinski definition) is 3. The van der Waals surface area contributed by atoms with Crippen molar-refractivity contribution < 1.29 is 32.6 Å². The molecule has 100 valence electrons. The molecule has 0 saturated heterocycles. The number of aliphatic hydroxyl groups excluding tert-OH is 1. The molecule has 0 heterocycles. The van der Waals surface area contributed by atoms with Crippen LogP contribution < -0.4 is 5.32 Å². The van der Waals surface area contributed by atoms with Crippen molar-refractivity contribution in [3.8, 4) is 5.75 Å². The van der Waals surface area contributed by atoms with Crippen LogP contribution in [0.15, 0.2) is 18.2 Å². The van der Waals surface area contributed by atoms with Crippen molar-refractivity contribution in [1.29, 1.82) is 0 Å². The lowest BCUT2D eigenvalue weighted by Crippen LogP contribution is -2.40. The molecule has 0 fully saturated rings. The molecule has 1 atom stereocenters. The van der Waals surface area contributed by atoms with Crippen molar-refractivity contribution in [2.45, 2.75) is 12.3 Å². The molecule has 1 aromatic carbocycles. The Bertz CT molecular complexity index is 447. The van der Waals surface area contributed by atoms with Crippen LogP contribution in [0.1, 0.15) is 10.4 Å². The quantitative estimate of drug-likeness (QED) is 0.720. The van der Waals surface area contributed by atoms with Crippen LogP contribution in [0.5, 0.6) is 5.75 Å². The van der Waals surface area contributed by atoms with Crippen molar-refractivity contribution in [2.75, 3.05) is 6.54 Å². The molecule has 0 aliphatic carbocycles. The molecule has 0 aliphatic heterocycles. The third-order valence-corrected chi connectivity index (χ3v) is 2.04. The molecule has 18 heavy (non-hydrogen) atoms. The third-order valence-electron chi connectivity index (χ3n) is 2.04. The normalized spacial score (nSPS) is 13.2. The summed E-state index contributed by atoms with van der Waals surface area (Å²) in [5.41, 5.74) is -0.510. The van der Waals surface area contributed by atoms with E-state index in [1.165, 1.54) is 0 Å². The summed E-state index contributed by atoms with van der Waals surface area (Å²) >= 11 is 0. The van der Waals surface area contributed by atoms with Gasteiger partial charge in [-0.3, -0.25) is 4.79 Å². The highest BCUT2D eigenvalue weighted by Gasteiger charge is 2.38. The second-order valence-electron chi connectivity index (χ2n) is 3.43. The zero-order valence-electron chi connectivity index (χ0n) is 8.83. The van der Waals surface area contributed by atoms with E-state index in [4.69, 9.17) is 5.11 Å². The molecule has 1 rings (SSSR count). The van der Waals surface area contributed by atoms with Crippen LogP contribution in [0.3, 0.4) is 0 Å². The van der Waals surface area contributed by atoms with Crippen LogP contribution in [0.2, 0.25) is 0 Å². The van der Waals surface area contributed by atoms with Crippen molar-refractivity contribution in [3.05, 3.63) is 29.6 Å². The average Bonchev–Trinajstić information content (AvgIpc) is 2.27. The SMILES string of the molecule is O=C(NCC(O)C(F)(F)F)c1cc(F)ccc1O. The van der Waals surface area contributed by atoms with E-state index in [-0.39, 0.29) is 0 Å². The number of aliphatic hydroxyl groups is 1. The van der Waals surface area contributed by atoms with Crippen molar-refractivity contribution in [3.63, 3.8) is 0 Å². The summed E-state index contributed by atoms with van der Waals surface area (Å²) < 4.78 is 48.6. The van der Waals surface area contributed by atoms with Gasteiger partial charge in [0.1, 0.15) is 11.6 Å². The Morgan fingerprint density at radius 1 is 1.39 bits per heavy atom. The predicted octanol–water partition coefficient (Wildman–Crippen LogP) is 1.18. The molecule has 0 bridgehead atoms. The molecule has 0 aromatic heterocycles. The van der Waals surface area contributed by atoms with Crippen molar-refractivity contribution >= 4 is 5.91 Å². The monoisotopic (exact) mass is 267 g/mol. The molecule has 0 saturated carbocycles. The van der Waals surface area contributed by atoms with Crippen LogP contribution in [-0.4, -0.2) is 34.9 Å².